The van der Waals surface area contributed by atoms with Crippen molar-refractivity contribution in [2.45, 2.75) is 44.8 Å². The number of para-hydroxylation sites is 2. The van der Waals surface area contributed by atoms with Crippen LogP contribution in [-0.2, 0) is 11.2 Å². The van der Waals surface area contributed by atoms with Gasteiger partial charge in [-0.25, -0.2) is 15.0 Å². The van der Waals surface area contributed by atoms with E-state index >= 15 is 0 Å². The number of anilines is 2. The van der Waals surface area contributed by atoms with E-state index in [-0.39, 0.29) is 5.69 Å². The molecule has 1 aliphatic carbocycles. The minimum atomic E-state index is -1.24. The Labute approximate surface area is 228 Å². The lowest BCUT2D eigenvalue weighted by atomic mass is 9.99. The number of rotatable bonds is 6. The molecule has 0 saturated carbocycles. The number of hydrogen-bond donors (Lipinski definition) is 3. The largest absolute Gasteiger partial charge is 0.359 e. The van der Waals surface area contributed by atoms with Crippen LogP contribution in [0.4, 0.5) is 21.0 Å². The lowest BCUT2D eigenvalue weighted by molar-refractivity contribution is -0.808. The first-order valence-electron chi connectivity index (χ1n) is 12.6. The van der Waals surface area contributed by atoms with Gasteiger partial charge in [0.05, 0.1) is 5.54 Å². The maximum atomic E-state index is 13.7. The molecule has 0 bridgehead atoms. The number of hydroxylamine groups is 2. The molecule has 2 heterocycles. The number of nitrogens with one attached hydrogen (secondary N) is 2. The van der Waals surface area contributed by atoms with Crippen LogP contribution in [0.25, 0.3) is 0 Å². The van der Waals surface area contributed by atoms with Crippen LogP contribution >= 0.6 is 0 Å². The van der Waals surface area contributed by atoms with E-state index in [0.717, 1.165) is 0 Å². The number of nitrogens with zero attached hydrogens (tertiary/aromatic N) is 6. The summed E-state index contributed by atoms with van der Waals surface area (Å²) in [6.45, 7) is 2.86. The Kier molecular flexibility index (Phi) is 7.09. The summed E-state index contributed by atoms with van der Waals surface area (Å²) in [6.07, 6.45) is 0.397. The fourth-order valence-corrected chi connectivity index (χ4v) is 4.92. The highest BCUT2D eigenvalue weighted by Crippen LogP contribution is 2.37. The van der Waals surface area contributed by atoms with Gasteiger partial charge in [0.15, 0.2) is 6.17 Å². The van der Waals surface area contributed by atoms with Gasteiger partial charge in [-0.1, -0.05) is 36.4 Å². The Balaban J connectivity index is 1.38. The summed E-state index contributed by atoms with van der Waals surface area (Å²) in [5, 5.41) is 33.8. The van der Waals surface area contributed by atoms with Gasteiger partial charge in [-0.05, 0) is 55.9 Å². The molecule has 1 unspecified atom stereocenters. The molecule has 2 aliphatic rings. The van der Waals surface area contributed by atoms with Crippen LogP contribution in [0.15, 0.2) is 70.4 Å². The molecule has 1 atom stereocenters. The van der Waals surface area contributed by atoms with E-state index in [1.54, 1.807) is 74.5 Å². The highest BCUT2D eigenvalue weighted by Gasteiger charge is 2.56. The molecule has 14 heteroatoms. The zero-order valence-corrected chi connectivity index (χ0v) is 21.9. The minimum absolute atomic E-state index is 0.287. The maximum Gasteiger partial charge on any atom is 0.347 e. The van der Waals surface area contributed by atoms with Gasteiger partial charge in [0.2, 0.25) is 5.69 Å². The van der Waals surface area contributed by atoms with Crippen molar-refractivity contribution >= 4 is 35.1 Å². The summed E-state index contributed by atoms with van der Waals surface area (Å²) < 4.78 is 4.65. The fraction of sp³-hybridized carbons (Fsp3) is 0.308. The maximum absolute atomic E-state index is 13.7. The van der Waals surface area contributed by atoms with Crippen LogP contribution in [0, 0.1) is 5.21 Å². The van der Waals surface area contributed by atoms with Gasteiger partial charge in [-0.3, -0.25) is 19.5 Å². The number of carbonyl (C=O) groups excluding carboxylic acids is 3. The van der Waals surface area contributed by atoms with Crippen molar-refractivity contribution in [3.63, 3.8) is 0 Å². The molecule has 1 aliphatic heterocycles. The Hall–Kier alpha value is -4.98. The zero-order chi connectivity index (χ0) is 28.4. The smallest absolute Gasteiger partial charge is 0.347 e. The molecule has 1 saturated heterocycles. The lowest BCUT2D eigenvalue weighted by Crippen LogP contribution is -2.58. The first kappa shape index (κ1) is 26.6. The Bertz CT molecular complexity index is 1440. The van der Waals surface area contributed by atoms with Crippen molar-refractivity contribution in [3.05, 3.63) is 77.3 Å². The predicted molar refractivity (Wildman–Crippen MR) is 141 cm³/mol. The first-order chi connectivity index (χ1) is 19.2. The average molecular weight is 549 g/mol. The Morgan fingerprint density at radius 1 is 1.18 bits per heavy atom. The highest BCUT2D eigenvalue weighted by molar-refractivity contribution is 6.02. The summed E-state index contributed by atoms with van der Waals surface area (Å²) in [4.78, 5) is 42.6. The average Bonchev–Trinajstić information content (AvgIpc) is 3.42. The monoisotopic (exact) mass is 548 g/mol. The summed E-state index contributed by atoms with van der Waals surface area (Å²) >= 11 is 0. The third-order valence-corrected chi connectivity index (χ3v) is 6.93. The number of carbonyl (C=O) groups is 3. The van der Waals surface area contributed by atoms with Gasteiger partial charge >= 0.3 is 12.1 Å². The van der Waals surface area contributed by atoms with Gasteiger partial charge in [-0.15, -0.1) is 0 Å². The number of urea groups is 2. The third-order valence-electron chi connectivity index (χ3n) is 6.93. The molecule has 2 aromatic carbocycles. The van der Waals surface area contributed by atoms with Crippen LogP contribution in [-0.4, -0.2) is 62.3 Å². The molecular formula is C26H28N8O6. The molecule has 5 rings (SSSR count). The van der Waals surface area contributed by atoms with Crippen LogP contribution in [0.1, 0.15) is 38.1 Å². The van der Waals surface area contributed by atoms with Gasteiger partial charge < -0.3 is 15.4 Å². The minimum Gasteiger partial charge on any atom is -0.359 e. The second-order valence-electron chi connectivity index (χ2n) is 9.91. The molecule has 0 radical (unpaired) electrons. The lowest BCUT2D eigenvalue weighted by Gasteiger charge is -2.38. The molecule has 5 amide bonds. The van der Waals surface area contributed by atoms with Crippen molar-refractivity contribution in [2.24, 2.45) is 5.10 Å². The molecule has 1 fully saturated rings. The van der Waals surface area contributed by atoms with Gasteiger partial charge in [0.1, 0.15) is 12.3 Å². The molecule has 3 N–H and O–H groups in total. The summed E-state index contributed by atoms with van der Waals surface area (Å²) in [6, 6.07) is 15.7. The van der Waals surface area contributed by atoms with Crippen LogP contribution < -0.4 is 20.5 Å². The number of hydrogen-bond acceptors (Lipinski definition) is 8. The molecule has 14 nitrogen and oxygen atoms in total. The predicted octanol–water partition coefficient (Wildman–Crippen LogP) is 2.43. The van der Waals surface area contributed by atoms with Gasteiger partial charge in [-0.2, -0.15) is 10.2 Å². The van der Waals surface area contributed by atoms with Crippen LogP contribution in [0.2, 0.25) is 0 Å². The van der Waals surface area contributed by atoms with Gasteiger partial charge in [0, 0.05) is 23.0 Å². The van der Waals surface area contributed by atoms with E-state index in [0.29, 0.717) is 52.0 Å². The molecule has 40 heavy (non-hydrogen) atoms. The van der Waals surface area contributed by atoms with E-state index in [2.05, 4.69) is 25.6 Å². The quantitative estimate of drug-likeness (QED) is 0.241. The van der Waals surface area contributed by atoms with E-state index in [1.165, 1.54) is 9.80 Å². The summed E-state index contributed by atoms with van der Waals surface area (Å²) in [7, 11) is 0. The molecule has 208 valence electrons. The SMILES string of the molecule is CC1(C)C(N(O)C(=O)Nc2ccccc2)N(c2ccccc2)C(=O)N1CC(=O)N/N=C1\CCCc2c1no[n+]2[O-]. The molecular weight excluding hydrogens is 520 g/mol. The highest BCUT2D eigenvalue weighted by atomic mass is 16.8. The summed E-state index contributed by atoms with van der Waals surface area (Å²) in [5.41, 5.74) is 3.09. The number of aromatic nitrogens is 2. The first-order valence-corrected chi connectivity index (χ1v) is 12.6. The van der Waals surface area contributed by atoms with Crippen molar-refractivity contribution in [1.29, 1.82) is 0 Å². The number of fused-ring (bicyclic) bond motifs is 1. The van der Waals surface area contributed by atoms with E-state index < -0.39 is 36.2 Å². The number of benzene rings is 2. The van der Waals surface area contributed by atoms with Crippen molar-refractivity contribution in [1.82, 2.24) is 20.5 Å². The third kappa shape index (κ3) is 4.91. The second kappa shape index (κ2) is 10.6. The number of amides is 5. The molecule has 1 aromatic heterocycles. The fourth-order valence-electron chi connectivity index (χ4n) is 4.92. The van der Waals surface area contributed by atoms with E-state index in [1.807, 2.05) is 0 Å². The van der Waals surface area contributed by atoms with Crippen molar-refractivity contribution < 1.29 is 29.1 Å². The Morgan fingerprint density at radius 3 is 2.55 bits per heavy atom. The normalized spacial score (nSPS) is 18.9. The second-order valence-corrected chi connectivity index (χ2v) is 9.91. The zero-order valence-electron chi connectivity index (χ0n) is 21.9. The van der Waals surface area contributed by atoms with Crippen molar-refractivity contribution in [2.75, 3.05) is 16.8 Å². The van der Waals surface area contributed by atoms with E-state index in [4.69, 9.17) is 0 Å². The van der Waals surface area contributed by atoms with Gasteiger partial charge in [0.25, 0.3) is 11.6 Å². The van der Waals surface area contributed by atoms with Crippen LogP contribution in [0.3, 0.4) is 0 Å². The van der Waals surface area contributed by atoms with Crippen molar-refractivity contribution in [3.8, 4) is 0 Å². The summed E-state index contributed by atoms with van der Waals surface area (Å²) in [5.74, 6) is -0.619. The molecule has 0 spiro atoms. The topological polar surface area (TPSA) is 171 Å². The Morgan fingerprint density at radius 2 is 1.85 bits per heavy atom. The molecule has 3 aromatic rings. The van der Waals surface area contributed by atoms with Crippen LogP contribution in [0.5, 0.6) is 0 Å². The standard InChI is InChI=1S/C26H28N8O6/c1-26(2)23(33(38)24(36)27-17-10-5-3-6-11-17)32(18-12-7-4-8-13-18)25(37)31(26)16-21(35)29-28-19-14-9-15-20-22(19)30-40-34(20)39/h3-8,10-13,23,38H,9,14-16H2,1-2H3,(H,27,36)(H,29,35)/b28-19+. The van der Waals surface area contributed by atoms with E-state index in [9.17, 15) is 24.8 Å². The number of hydrazone groups is 1.